The second-order valence-corrected chi connectivity index (χ2v) is 7.42. The topological polar surface area (TPSA) is 75.7 Å². The normalized spacial score (nSPS) is 23.4. The maximum absolute atomic E-state index is 12.7. The van der Waals surface area contributed by atoms with E-state index in [0.29, 0.717) is 23.3 Å². The average molecular weight is 356 g/mol. The lowest BCUT2D eigenvalue weighted by molar-refractivity contribution is 0.0475. The van der Waals surface area contributed by atoms with Gasteiger partial charge in [0.1, 0.15) is 0 Å². The second kappa shape index (κ2) is 7.19. The Balaban J connectivity index is 1.48. The zero-order chi connectivity index (χ0) is 18.1. The number of hydrogen-bond donors (Lipinski definition) is 1. The van der Waals surface area contributed by atoms with Gasteiger partial charge in [0.05, 0.1) is 23.8 Å². The third-order valence-corrected chi connectivity index (χ3v) is 5.58. The SMILES string of the molecule is O=C(NC1CCCCC1)c1ccc2c(c1)C(=O)N(CC1CCCO1)C2=O. The first kappa shape index (κ1) is 17.2. The standard InChI is InChI=1S/C20H24N2O4/c23-18(21-14-5-2-1-3-6-14)13-8-9-16-17(11-13)20(25)22(19(16)24)12-15-7-4-10-26-15/h8-9,11,14-15H,1-7,10,12H2,(H,21,23). The fourth-order valence-corrected chi connectivity index (χ4v) is 4.11. The van der Waals surface area contributed by atoms with E-state index in [1.165, 1.54) is 11.3 Å². The fraction of sp³-hybridized carbons (Fsp3) is 0.550. The van der Waals surface area contributed by atoms with Crippen LogP contribution in [0.3, 0.4) is 0 Å². The molecule has 1 unspecified atom stereocenters. The molecule has 4 rings (SSSR count). The van der Waals surface area contributed by atoms with Crippen LogP contribution in [-0.4, -0.2) is 47.9 Å². The van der Waals surface area contributed by atoms with Crippen LogP contribution in [0.1, 0.15) is 76.0 Å². The first-order chi connectivity index (χ1) is 12.6. The van der Waals surface area contributed by atoms with Crippen molar-refractivity contribution in [3.05, 3.63) is 34.9 Å². The molecule has 2 heterocycles. The van der Waals surface area contributed by atoms with Crippen molar-refractivity contribution in [3.63, 3.8) is 0 Å². The third kappa shape index (κ3) is 3.26. The van der Waals surface area contributed by atoms with Crippen LogP contribution in [0, 0.1) is 0 Å². The van der Waals surface area contributed by atoms with E-state index in [4.69, 9.17) is 4.74 Å². The van der Waals surface area contributed by atoms with Crippen molar-refractivity contribution in [2.24, 2.45) is 0 Å². The monoisotopic (exact) mass is 356 g/mol. The lowest BCUT2D eigenvalue weighted by Crippen LogP contribution is -2.36. The Morgan fingerprint density at radius 3 is 2.54 bits per heavy atom. The maximum Gasteiger partial charge on any atom is 0.261 e. The van der Waals surface area contributed by atoms with Gasteiger partial charge in [-0.05, 0) is 43.9 Å². The second-order valence-electron chi connectivity index (χ2n) is 7.42. The summed E-state index contributed by atoms with van der Waals surface area (Å²) in [6, 6.07) is 5.00. The fourth-order valence-electron chi connectivity index (χ4n) is 4.11. The van der Waals surface area contributed by atoms with Crippen molar-refractivity contribution >= 4 is 17.7 Å². The van der Waals surface area contributed by atoms with Gasteiger partial charge >= 0.3 is 0 Å². The number of benzene rings is 1. The molecule has 1 N–H and O–H groups in total. The Morgan fingerprint density at radius 1 is 1.04 bits per heavy atom. The number of fused-ring (bicyclic) bond motifs is 1. The van der Waals surface area contributed by atoms with Gasteiger partial charge in [-0.25, -0.2) is 0 Å². The molecule has 0 bridgehead atoms. The van der Waals surface area contributed by atoms with Crippen LogP contribution in [0.4, 0.5) is 0 Å². The van der Waals surface area contributed by atoms with Crippen molar-refractivity contribution in [1.29, 1.82) is 0 Å². The molecule has 1 aliphatic carbocycles. The van der Waals surface area contributed by atoms with Gasteiger partial charge in [0, 0.05) is 18.2 Å². The summed E-state index contributed by atoms with van der Waals surface area (Å²) in [5.41, 5.74) is 1.14. The number of hydrogen-bond acceptors (Lipinski definition) is 4. The van der Waals surface area contributed by atoms with Crippen molar-refractivity contribution in [3.8, 4) is 0 Å². The van der Waals surface area contributed by atoms with Gasteiger partial charge in [-0.2, -0.15) is 0 Å². The predicted molar refractivity (Wildman–Crippen MR) is 95.1 cm³/mol. The molecule has 2 fully saturated rings. The number of ether oxygens (including phenoxy) is 1. The summed E-state index contributed by atoms with van der Waals surface area (Å²) in [6.45, 7) is 0.968. The number of imide groups is 1. The molecule has 1 aromatic rings. The number of carbonyl (C=O) groups excluding carboxylic acids is 3. The zero-order valence-electron chi connectivity index (χ0n) is 14.8. The van der Waals surface area contributed by atoms with Crippen molar-refractivity contribution < 1.29 is 19.1 Å². The average Bonchev–Trinajstić information content (AvgIpc) is 3.25. The molecule has 1 saturated heterocycles. The molecule has 1 saturated carbocycles. The van der Waals surface area contributed by atoms with E-state index in [1.807, 2.05) is 0 Å². The minimum Gasteiger partial charge on any atom is -0.376 e. The summed E-state index contributed by atoms with van der Waals surface area (Å²) >= 11 is 0. The van der Waals surface area contributed by atoms with Crippen molar-refractivity contribution in [1.82, 2.24) is 10.2 Å². The van der Waals surface area contributed by atoms with Gasteiger partial charge in [-0.1, -0.05) is 19.3 Å². The van der Waals surface area contributed by atoms with E-state index in [2.05, 4.69) is 5.32 Å². The van der Waals surface area contributed by atoms with E-state index in [9.17, 15) is 14.4 Å². The van der Waals surface area contributed by atoms with Gasteiger partial charge in [-0.3, -0.25) is 19.3 Å². The van der Waals surface area contributed by atoms with Crippen LogP contribution >= 0.6 is 0 Å². The highest BCUT2D eigenvalue weighted by atomic mass is 16.5. The Kier molecular flexibility index (Phi) is 4.76. The van der Waals surface area contributed by atoms with Gasteiger partial charge < -0.3 is 10.1 Å². The van der Waals surface area contributed by atoms with Crippen LogP contribution in [0.25, 0.3) is 0 Å². The smallest absolute Gasteiger partial charge is 0.261 e. The lowest BCUT2D eigenvalue weighted by Gasteiger charge is -2.22. The van der Waals surface area contributed by atoms with Crippen molar-refractivity contribution in [2.75, 3.05) is 13.2 Å². The highest BCUT2D eigenvalue weighted by molar-refractivity contribution is 6.22. The molecule has 26 heavy (non-hydrogen) atoms. The highest BCUT2D eigenvalue weighted by Gasteiger charge is 2.38. The summed E-state index contributed by atoms with van der Waals surface area (Å²) in [6.07, 6.45) is 7.25. The van der Waals surface area contributed by atoms with Crippen LogP contribution in [0.2, 0.25) is 0 Å². The molecule has 6 heteroatoms. The van der Waals surface area contributed by atoms with Gasteiger partial charge in [-0.15, -0.1) is 0 Å². The summed E-state index contributed by atoms with van der Waals surface area (Å²) in [5, 5.41) is 3.05. The Hall–Kier alpha value is -2.21. The molecule has 1 aromatic carbocycles. The molecule has 0 spiro atoms. The van der Waals surface area contributed by atoms with E-state index in [1.54, 1.807) is 18.2 Å². The largest absolute Gasteiger partial charge is 0.376 e. The molecule has 2 aliphatic heterocycles. The predicted octanol–water partition coefficient (Wildman–Crippen LogP) is 2.52. The zero-order valence-corrected chi connectivity index (χ0v) is 14.8. The molecule has 6 nitrogen and oxygen atoms in total. The van der Waals surface area contributed by atoms with E-state index < -0.39 is 0 Å². The summed E-state index contributed by atoms with van der Waals surface area (Å²) in [7, 11) is 0. The Morgan fingerprint density at radius 2 is 1.81 bits per heavy atom. The lowest BCUT2D eigenvalue weighted by atomic mass is 9.95. The molecule has 138 valence electrons. The minimum atomic E-state index is -0.326. The first-order valence-corrected chi connectivity index (χ1v) is 9.56. The quantitative estimate of drug-likeness (QED) is 0.841. The molecule has 3 amide bonds. The van der Waals surface area contributed by atoms with Crippen LogP contribution < -0.4 is 5.32 Å². The van der Waals surface area contributed by atoms with E-state index in [-0.39, 0.29) is 36.4 Å². The molecule has 0 radical (unpaired) electrons. The number of carbonyl (C=O) groups is 3. The summed E-state index contributed by atoms with van der Waals surface area (Å²) in [4.78, 5) is 39.0. The molecule has 0 aromatic heterocycles. The number of amides is 3. The summed E-state index contributed by atoms with van der Waals surface area (Å²) < 4.78 is 5.55. The molecule has 3 aliphatic rings. The summed E-state index contributed by atoms with van der Waals surface area (Å²) in [5.74, 6) is -0.787. The van der Waals surface area contributed by atoms with E-state index in [0.717, 1.165) is 38.5 Å². The third-order valence-electron chi connectivity index (χ3n) is 5.58. The first-order valence-electron chi connectivity index (χ1n) is 9.56. The van der Waals surface area contributed by atoms with E-state index >= 15 is 0 Å². The van der Waals surface area contributed by atoms with Gasteiger partial charge in [0.2, 0.25) is 0 Å². The molecular formula is C20H24N2O4. The number of nitrogens with one attached hydrogen (secondary N) is 1. The molecular weight excluding hydrogens is 332 g/mol. The van der Waals surface area contributed by atoms with Gasteiger partial charge in [0.25, 0.3) is 17.7 Å². The highest BCUT2D eigenvalue weighted by Crippen LogP contribution is 2.26. The maximum atomic E-state index is 12.7. The molecule has 1 atom stereocenters. The van der Waals surface area contributed by atoms with Gasteiger partial charge in [0.15, 0.2) is 0 Å². The van der Waals surface area contributed by atoms with Crippen LogP contribution in [-0.2, 0) is 4.74 Å². The Labute approximate surface area is 152 Å². The Bertz CT molecular complexity index is 733. The minimum absolute atomic E-state index is 0.0775. The van der Waals surface area contributed by atoms with Crippen molar-refractivity contribution in [2.45, 2.75) is 57.1 Å². The number of rotatable bonds is 4. The number of nitrogens with zero attached hydrogens (tertiary/aromatic N) is 1. The van der Waals surface area contributed by atoms with Crippen LogP contribution in [0.15, 0.2) is 18.2 Å². The van der Waals surface area contributed by atoms with Crippen LogP contribution in [0.5, 0.6) is 0 Å².